The quantitative estimate of drug-likeness (QED) is 0.0659. The molecule has 1 aromatic heterocycles. The molecule has 1 heterocycles. The number of azo groups is 1. The summed E-state index contributed by atoms with van der Waals surface area (Å²) in [5.41, 5.74) is 5.22. The zero-order chi connectivity index (χ0) is 30.4. The van der Waals surface area contributed by atoms with E-state index in [9.17, 15) is 0 Å². The molecule has 0 aliphatic heterocycles. The lowest BCUT2D eigenvalue weighted by Crippen LogP contribution is -2.32. The molecule has 0 unspecified atom stereocenters. The summed E-state index contributed by atoms with van der Waals surface area (Å²) in [7, 11) is 4.06. The van der Waals surface area contributed by atoms with Gasteiger partial charge in [-0.1, -0.05) is 121 Å². The minimum absolute atomic E-state index is 0.851. The van der Waals surface area contributed by atoms with Crippen LogP contribution in [0.5, 0.6) is 0 Å². The standard InChI is InChI=1S/C39H57N4/c1-4-5-6-7-8-9-10-11-12-13-14-15-16-17-18-19-32-43-33-30-36(31-34-43)21-20-35-22-24-37(25-23-35)40-41-38-26-28-39(29-27-38)42(2)3/h20-31,33-34H,4-19,32H2,1-3H3/q+1. The number of rotatable bonds is 22. The number of pyridine rings is 1. The number of aromatic nitrogens is 1. The van der Waals surface area contributed by atoms with E-state index in [1.807, 2.05) is 38.4 Å². The average molecular weight is 582 g/mol. The zero-order valence-corrected chi connectivity index (χ0v) is 27.4. The molecule has 0 bridgehead atoms. The van der Waals surface area contributed by atoms with Gasteiger partial charge in [-0.2, -0.15) is 10.2 Å². The summed E-state index contributed by atoms with van der Waals surface area (Å²) in [6.07, 6.45) is 31.4. The largest absolute Gasteiger partial charge is 0.378 e. The van der Waals surface area contributed by atoms with Crippen LogP contribution >= 0.6 is 0 Å². The number of hydrogen-bond acceptors (Lipinski definition) is 3. The Hall–Kier alpha value is -3.27. The minimum Gasteiger partial charge on any atom is -0.378 e. The maximum absolute atomic E-state index is 4.38. The molecule has 4 heteroatoms. The highest BCUT2D eigenvalue weighted by atomic mass is 15.1. The van der Waals surface area contributed by atoms with Crippen LogP contribution in [0.1, 0.15) is 121 Å². The fraction of sp³-hybridized carbons (Fsp3) is 0.513. The van der Waals surface area contributed by atoms with E-state index in [4.69, 9.17) is 0 Å². The molecule has 3 aromatic rings. The fourth-order valence-electron chi connectivity index (χ4n) is 5.35. The molecule has 43 heavy (non-hydrogen) atoms. The molecule has 0 radical (unpaired) electrons. The second kappa shape index (κ2) is 21.4. The molecule has 0 aliphatic carbocycles. The number of aryl methyl sites for hydroxylation is 1. The molecule has 0 saturated heterocycles. The number of anilines is 1. The average Bonchev–Trinajstić information content (AvgIpc) is 3.04. The Morgan fingerprint density at radius 2 is 0.907 bits per heavy atom. The lowest BCUT2D eigenvalue weighted by atomic mass is 10.0. The Kier molecular flexibility index (Phi) is 17.1. The van der Waals surface area contributed by atoms with Crippen molar-refractivity contribution in [3.63, 3.8) is 0 Å². The van der Waals surface area contributed by atoms with Crippen LogP contribution in [-0.2, 0) is 6.54 Å². The number of benzene rings is 2. The highest BCUT2D eigenvalue weighted by molar-refractivity contribution is 5.69. The summed E-state index contributed by atoms with van der Waals surface area (Å²) in [4.78, 5) is 2.07. The second-order valence-corrected chi connectivity index (χ2v) is 12.2. The van der Waals surface area contributed by atoms with E-state index in [-0.39, 0.29) is 0 Å². The van der Waals surface area contributed by atoms with Gasteiger partial charge in [-0.3, -0.25) is 0 Å². The third-order valence-electron chi connectivity index (χ3n) is 8.20. The number of hydrogen-bond donors (Lipinski definition) is 0. The van der Waals surface area contributed by atoms with Gasteiger partial charge in [0.2, 0.25) is 0 Å². The lowest BCUT2D eigenvalue weighted by Gasteiger charge is -2.11. The van der Waals surface area contributed by atoms with Crippen molar-refractivity contribution < 1.29 is 4.57 Å². The first-order chi connectivity index (χ1) is 21.1. The molecule has 0 aliphatic rings. The maximum atomic E-state index is 4.38. The van der Waals surface area contributed by atoms with Gasteiger partial charge >= 0.3 is 0 Å². The summed E-state index contributed by atoms with van der Waals surface area (Å²) >= 11 is 0. The van der Waals surface area contributed by atoms with Crippen LogP contribution in [0.15, 0.2) is 83.3 Å². The summed E-state index contributed by atoms with van der Waals surface area (Å²) in [5.74, 6) is 0. The summed E-state index contributed by atoms with van der Waals surface area (Å²) < 4.78 is 2.31. The summed E-state index contributed by atoms with van der Waals surface area (Å²) in [6, 6.07) is 20.7. The van der Waals surface area contributed by atoms with Gasteiger partial charge in [-0.15, -0.1) is 0 Å². The smallest absolute Gasteiger partial charge is 0.169 e. The first kappa shape index (κ1) is 34.2. The molecule has 0 spiro atoms. The van der Waals surface area contributed by atoms with Gasteiger partial charge in [-0.25, -0.2) is 4.57 Å². The predicted molar refractivity (Wildman–Crippen MR) is 186 cm³/mol. The molecule has 0 saturated carbocycles. The van der Waals surface area contributed by atoms with Crippen molar-refractivity contribution >= 4 is 29.2 Å². The molecular weight excluding hydrogens is 524 g/mol. The van der Waals surface area contributed by atoms with Crippen molar-refractivity contribution in [2.75, 3.05) is 19.0 Å². The van der Waals surface area contributed by atoms with Gasteiger partial charge in [0.1, 0.15) is 6.54 Å². The van der Waals surface area contributed by atoms with E-state index in [1.54, 1.807) is 0 Å². The third-order valence-corrected chi connectivity index (χ3v) is 8.20. The van der Waals surface area contributed by atoms with Gasteiger partial charge in [0.25, 0.3) is 0 Å². The van der Waals surface area contributed by atoms with Crippen LogP contribution in [0.3, 0.4) is 0 Å². The highest BCUT2D eigenvalue weighted by Crippen LogP contribution is 2.22. The van der Waals surface area contributed by atoms with E-state index < -0.39 is 0 Å². The molecular formula is C39H57N4+. The van der Waals surface area contributed by atoms with Gasteiger partial charge in [0, 0.05) is 38.3 Å². The predicted octanol–water partition coefficient (Wildman–Crippen LogP) is 11.9. The van der Waals surface area contributed by atoms with Crippen molar-refractivity contribution in [1.29, 1.82) is 0 Å². The van der Waals surface area contributed by atoms with Crippen LogP contribution in [0, 0.1) is 0 Å². The SMILES string of the molecule is CCCCCCCCCCCCCCCCCC[n+]1ccc(/C=C/c2ccc(N=Nc3ccc(N(C)C)cc3)cc2)cc1. The molecule has 0 fully saturated rings. The lowest BCUT2D eigenvalue weighted by molar-refractivity contribution is -0.697. The minimum atomic E-state index is 0.851. The second-order valence-electron chi connectivity index (χ2n) is 12.2. The van der Waals surface area contributed by atoms with Crippen molar-refractivity contribution in [2.45, 2.75) is 116 Å². The molecule has 232 valence electrons. The Balaban J connectivity index is 1.22. The van der Waals surface area contributed by atoms with Crippen LogP contribution in [0.25, 0.3) is 12.2 Å². The van der Waals surface area contributed by atoms with Gasteiger partial charge in [-0.05, 0) is 53.9 Å². The molecule has 0 N–H and O–H groups in total. The van der Waals surface area contributed by atoms with Crippen LogP contribution < -0.4 is 9.47 Å². The molecule has 0 atom stereocenters. The molecule has 4 nitrogen and oxygen atoms in total. The van der Waals surface area contributed by atoms with Crippen molar-refractivity contribution in [1.82, 2.24) is 0 Å². The zero-order valence-electron chi connectivity index (χ0n) is 27.4. The van der Waals surface area contributed by atoms with Crippen molar-refractivity contribution in [3.8, 4) is 0 Å². The van der Waals surface area contributed by atoms with E-state index in [1.165, 1.54) is 108 Å². The third kappa shape index (κ3) is 15.1. The van der Waals surface area contributed by atoms with Crippen LogP contribution in [0.2, 0.25) is 0 Å². The Morgan fingerprint density at radius 3 is 1.35 bits per heavy atom. The van der Waals surface area contributed by atoms with E-state index in [0.29, 0.717) is 0 Å². The Labute approximate surface area is 263 Å². The van der Waals surface area contributed by atoms with Crippen molar-refractivity contribution in [3.05, 3.63) is 84.2 Å². The monoisotopic (exact) mass is 581 g/mol. The molecule has 0 amide bonds. The Morgan fingerprint density at radius 1 is 0.512 bits per heavy atom. The van der Waals surface area contributed by atoms with Gasteiger partial charge in [0.15, 0.2) is 12.4 Å². The first-order valence-electron chi connectivity index (χ1n) is 17.1. The number of nitrogens with zero attached hydrogens (tertiary/aromatic N) is 4. The van der Waals surface area contributed by atoms with E-state index >= 15 is 0 Å². The highest BCUT2D eigenvalue weighted by Gasteiger charge is 2.01. The topological polar surface area (TPSA) is 31.8 Å². The fourth-order valence-corrected chi connectivity index (χ4v) is 5.35. The van der Waals surface area contributed by atoms with Crippen molar-refractivity contribution in [2.24, 2.45) is 10.2 Å². The first-order valence-corrected chi connectivity index (χ1v) is 17.1. The maximum Gasteiger partial charge on any atom is 0.169 e. The van der Waals surface area contributed by atoms with E-state index in [0.717, 1.165) is 29.2 Å². The normalized spacial score (nSPS) is 11.6. The molecule has 2 aromatic carbocycles. The summed E-state index contributed by atoms with van der Waals surface area (Å²) in [5, 5.41) is 8.74. The summed E-state index contributed by atoms with van der Waals surface area (Å²) in [6.45, 7) is 3.40. The van der Waals surface area contributed by atoms with Gasteiger partial charge < -0.3 is 4.90 Å². The van der Waals surface area contributed by atoms with Crippen LogP contribution in [0.4, 0.5) is 17.1 Å². The van der Waals surface area contributed by atoms with Crippen LogP contribution in [-0.4, -0.2) is 14.1 Å². The number of unbranched alkanes of at least 4 members (excludes halogenated alkanes) is 15. The molecule has 3 rings (SSSR count). The van der Waals surface area contributed by atoms with Gasteiger partial charge in [0.05, 0.1) is 11.4 Å². The Bertz CT molecular complexity index is 1160. The van der Waals surface area contributed by atoms with E-state index in [2.05, 4.69) is 87.6 Å².